The van der Waals surface area contributed by atoms with Crippen LogP contribution in [0.1, 0.15) is 5.56 Å². The first-order valence-corrected chi connectivity index (χ1v) is 5.16. The third kappa shape index (κ3) is 2.77. The van der Waals surface area contributed by atoms with Crippen LogP contribution in [0.4, 0.5) is 0 Å². The quantitative estimate of drug-likeness (QED) is 0.497. The summed E-state index contributed by atoms with van der Waals surface area (Å²) in [6.45, 7) is 0. The SMILES string of the molecule is CN(C)C(=O)/C(C#N)=C(\O)c1ccccc1Cl. The number of nitrogens with zero attached hydrogens (tertiary/aromatic N) is 2. The highest BCUT2D eigenvalue weighted by Gasteiger charge is 2.19. The number of rotatable bonds is 2. The summed E-state index contributed by atoms with van der Waals surface area (Å²) in [6.07, 6.45) is 0. The maximum absolute atomic E-state index is 11.6. The number of benzene rings is 1. The number of halogens is 1. The molecule has 0 aliphatic heterocycles. The summed E-state index contributed by atoms with van der Waals surface area (Å²) in [5.74, 6) is -0.971. The summed E-state index contributed by atoms with van der Waals surface area (Å²) < 4.78 is 0. The number of hydrogen-bond donors (Lipinski definition) is 1. The molecular weight excluding hydrogens is 240 g/mol. The van der Waals surface area contributed by atoms with Gasteiger partial charge in [0.1, 0.15) is 11.8 Å². The molecule has 4 nitrogen and oxygen atoms in total. The van der Waals surface area contributed by atoms with Crippen LogP contribution in [0.25, 0.3) is 5.76 Å². The predicted octanol–water partition coefficient (Wildman–Crippen LogP) is 2.22. The normalized spacial score (nSPS) is 11.4. The van der Waals surface area contributed by atoms with Crippen LogP contribution in [-0.4, -0.2) is 30.0 Å². The molecule has 0 fully saturated rings. The van der Waals surface area contributed by atoms with E-state index in [0.717, 1.165) is 0 Å². The van der Waals surface area contributed by atoms with Crippen LogP contribution < -0.4 is 0 Å². The van der Waals surface area contributed by atoms with Gasteiger partial charge in [0.05, 0.1) is 5.02 Å². The highest BCUT2D eigenvalue weighted by Crippen LogP contribution is 2.24. The summed E-state index contributed by atoms with van der Waals surface area (Å²) in [7, 11) is 3.00. The van der Waals surface area contributed by atoms with E-state index >= 15 is 0 Å². The second kappa shape index (κ2) is 5.37. The standard InChI is InChI=1S/C12H11ClN2O2/c1-15(2)12(17)9(7-14)11(16)8-5-3-4-6-10(8)13/h3-6,16H,1-2H3/b11-9-. The van der Waals surface area contributed by atoms with Gasteiger partial charge in [-0.15, -0.1) is 0 Å². The number of aliphatic hydroxyl groups excluding tert-OH is 1. The molecule has 5 heteroatoms. The molecule has 0 unspecified atom stereocenters. The average molecular weight is 251 g/mol. The highest BCUT2D eigenvalue weighted by atomic mass is 35.5. The fourth-order valence-electron chi connectivity index (χ4n) is 1.21. The Morgan fingerprint density at radius 1 is 1.41 bits per heavy atom. The number of amides is 1. The fraction of sp³-hybridized carbons (Fsp3) is 0.167. The van der Waals surface area contributed by atoms with Gasteiger partial charge in [0.2, 0.25) is 0 Å². The minimum atomic E-state index is -0.565. The number of carbonyl (C=O) groups excluding carboxylic acids is 1. The summed E-state index contributed by atoms with van der Waals surface area (Å²) >= 11 is 5.88. The summed E-state index contributed by atoms with van der Waals surface area (Å²) in [4.78, 5) is 12.9. The first kappa shape index (κ1) is 13.1. The van der Waals surface area contributed by atoms with E-state index in [0.29, 0.717) is 0 Å². The molecule has 0 heterocycles. The van der Waals surface area contributed by atoms with Crippen molar-refractivity contribution < 1.29 is 9.90 Å². The van der Waals surface area contributed by atoms with E-state index < -0.39 is 11.7 Å². The van der Waals surface area contributed by atoms with E-state index in [1.807, 2.05) is 0 Å². The lowest BCUT2D eigenvalue weighted by Crippen LogP contribution is -2.23. The Kier molecular flexibility index (Phi) is 4.13. The molecular formula is C12H11ClN2O2. The third-order valence-corrected chi connectivity index (χ3v) is 2.43. The Morgan fingerprint density at radius 3 is 2.47 bits per heavy atom. The zero-order valence-corrected chi connectivity index (χ0v) is 10.2. The van der Waals surface area contributed by atoms with Crippen LogP contribution in [0.3, 0.4) is 0 Å². The molecule has 0 atom stereocenters. The smallest absolute Gasteiger partial charge is 0.267 e. The Labute approximate surface area is 104 Å². The van der Waals surface area contributed by atoms with E-state index in [1.54, 1.807) is 24.3 Å². The second-order valence-electron chi connectivity index (χ2n) is 3.51. The van der Waals surface area contributed by atoms with Gasteiger partial charge in [0.15, 0.2) is 5.57 Å². The summed E-state index contributed by atoms with van der Waals surface area (Å²) in [5, 5.41) is 19.1. The minimum absolute atomic E-state index is 0.265. The molecule has 0 aliphatic carbocycles. The molecule has 1 amide bonds. The lowest BCUT2D eigenvalue weighted by atomic mass is 10.1. The maximum atomic E-state index is 11.6. The number of likely N-dealkylation sites (N-methyl/N-ethyl adjacent to an activating group) is 1. The number of aliphatic hydroxyl groups is 1. The lowest BCUT2D eigenvalue weighted by Gasteiger charge is -2.11. The van der Waals surface area contributed by atoms with E-state index in [-0.39, 0.29) is 16.2 Å². The zero-order chi connectivity index (χ0) is 13.0. The molecule has 17 heavy (non-hydrogen) atoms. The van der Waals surface area contributed by atoms with Crippen molar-refractivity contribution in [1.82, 2.24) is 4.90 Å². The van der Waals surface area contributed by atoms with Gasteiger partial charge in [0.25, 0.3) is 5.91 Å². The van der Waals surface area contributed by atoms with Gasteiger partial charge in [-0.1, -0.05) is 23.7 Å². The van der Waals surface area contributed by atoms with Crippen molar-refractivity contribution in [1.29, 1.82) is 5.26 Å². The van der Waals surface area contributed by atoms with Crippen LogP contribution in [0.2, 0.25) is 5.02 Å². The van der Waals surface area contributed by atoms with Gasteiger partial charge in [-0.25, -0.2) is 0 Å². The average Bonchev–Trinajstić information content (AvgIpc) is 2.30. The topological polar surface area (TPSA) is 64.3 Å². The Bertz CT molecular complexity index is 515. The van der Waals surface area contributed by atoms with E-state index in [2.05, 4.69) is 0 Å². The second-order valence-corrected chi connectivity index (χ2v) is 3.92. The molecule has 0 bridgehead atoms. The molecule has 1 aromatic rings. The molecule has 0 aliphatic rings. The first-order valence-electron chi connectivity index (χ1n) is 4.79. The molecule has 0 radical (unpaired) electrons. The Balaban J connectivity index is 3.34. The molecule has 1 rings (SSSR count). The van der Waals surface area contributed by atoms with Crippen LogP contribution in [0, 0.1) is 11.3 Å². The summed E-state index contributed by atoms with van der Waals surface area (Å²) in [5.41, 5.74) is -0.0657. The zero-order valence-electron chi connectivity index (χ0n) is 9.44. The van der Waals surface area contributed by atoms with Crippen molar-refractivity contribution in [3.8, 4) is 6.07 Å². The molecule has 0 saturated heterocycles. The van der Waals surface area contributed by atoms with Crippen molar-refractivity contribution >= 4 is 23.3 Å². The van der Waals surface area contributed by atoms with Crippen LogP contribution >= 0.6 is 11.6 Å². The number of nitriles is 1. The number of carbonyl (C=O) groups is 1. The summed E-state index contributed by atoms with van der Waals surface area (Å²) in [6, 6.07) is 8.15. The van der Waals surface area contributed by atoms with Crippen LogP contribution in [0.15, 0.2) is 29.8 Å². The van der Waals surface area contributed by atoms with Gasteiger partial charge in [-0.05, 0) is 12.1 Å². The van der Waals surface area contributed by atoms with E-state index in [9.17, 15) is 9.90 Å². The Hall–Kier alpha value is -1.99. The van der Waals surface area contributed by atoms with Gasteiger partial charge < -0.3 is 10.0 Å². The highest BCUT2D eigenvalue weighted by molar-refractivity contribution is 6.32. The molecule has 0 aromatic heterocycles. The van der Waals surface area contributed by atoms with Crippen molar-refractivity contribution in [2.75, 3.05) is 14.1 Å². The minimum Gasteiger partial charge on any atom is -0.506 e. The van der Waals surface area contributed by atoms with Crippen molar-refractivity contribution in [3.63, 3.8) is 0 Å². The van der Waals surface area contributed by atoms with Gasteiger partial charge in [-0.3, -0.25) is 4.79 Å². The largest absolute Gasteiger partial charge is 0.506 e. The predicted molar refractivity (Wildman–Crippen MR) is 65.3 cm³/mol. The van der Waals surface area contributed by atoms with Crippen molar-refractivity contribution in [3.05, 3.63) is 40.4 Å². The van der Waals surface area contributed by atoms with Crippen LogP contribution in [-0.2, 0) is 4.79 Å². The number of hydrogen-bond acceptors (Lipinski definition) is 3. The van der Waals surface area contributed by atoms with Crippen LogP contribution in [0.5, 0.6) is 0 Å². The van der Waals surface area contributed by atoms with Crippen molar-refractivity contribution in [2.24, 2.45) is 0 Å². The molecule has 1 aromatic carbocycles. The molecule has 88 valence electrons. The van der Waals surface area contributed by atoms with Gasteiger partial charge in [0, 0.05) is 19.7 Å². The van der Waals surface area contributed by atoms with Gasteiger partial charge >= 0.3 is 0 Å². The first-order chi connectivity index (χ1) is 7.99. The molecule has 1 N–H and O–H groups in total. The fourth-order valence-corrected chi connectivity index (χ4v) is 1.44. The Morgan fingerprint density at radius 2 is 2.00 bits per heavy atom. The molecule has 0 spiro atoms. The maximum Gasteiger partial charge on any atom is 0.267 e. The molecule has 0 saturated carbocycles. The third-order valence-electron chi connectivity index (χ3n) is 2.10. The van der Waals surface area contributed by atoms with E-state index in [4.69, 9.17) is 16.9 Å². The lowest BCUT2D eigenvalue weighted by molar-refractivity contribution is -0.124. The van der Waals surface area contributed by atoms with Crippen molar-refractivity contribution in [2.45, 2.75) is 0 Å². The van der Waals surface area contributed by atoms with E-state index in [1.165, 1.54) is 25.1 Å². The monoisotopic (exact) mass is 250 g/mol. The van der Waals surface area contributed by atoms with Gasteiger partial charge in [-0.2, -0.15) is 5.26 Å².